The van der Waals surface area contributed by atoms with Crippen molar-refractivity contribution < 1.29 is 34.2 Å². The van der Waals surface area contributed by atoms with E-state index in [-0.39, 0.29) is 76.3 Å². The number of carboxylic acids is 1. The number of allylic oxidation sites excluding steroid dienone is 2. The van der Waals surface area contributed by atoms with Crippen molar-refractivity contribution in [3.8, 4) is 23.7 Å². The Labute approximate surface area is 696 Å². The molecule has 4 aliphatic heterocycles. The van der Waals surface area contributed by atoms with E-state index in [0.29, 0.717) is 66.5 Å². The van der Waals surface area contributed by atoms with Crippen molar-refractivity contribution in [3.63, 3.8) is 0 Å². The predicted octanol–water partition coefficient (Wildman–Crippen LogP) is 21.5. The number of thiazole rings is 1. The number of carbonyl (C=O) groups excluding carboxylic acids is 1. The van der Waals surface area contributed by atoms with Crippen LogP contribution in [0.1, 0.15) is 327 Å². The van der Waals surface area contributed by atoms with Crippen molar-refractivity contribution in [3.05, 3.63) is 100 Å². The molecule has 7 atom stereocenters. The Morgan fingerprint density at radius 2 is 1.04 bits per heavy atom. The molecule has 4 aromatic heterocycles. The van der Waals surface area contributed by atoms with Gasteiger partial charge in [-0.05, 0) is 277 Å². The van der Waals surface area contributed by atoms with Crippen LogP contribution in [0.25, 0.3) is 57.4 Å². The van der Waals surface area contributed by atoms with Crippen LogP contribution in [0, 0.1) is 110 Å². The van der Waals surface area contributed by atoms with Gasteiger partial charge in [-0.25, -0.2) is 9.97 Å². The van der Waals surface area contributed by atoms with Crippen LogP contribution in [0.15, 0.2) is 40.7 Å². The van der Waals surface area contributed by atoms with Gasteiger partial charge in [0.2, 0.25) is 0 Å². The van der Waals surface area contributed by atoms with Crippen LogP contribution in [0.4, 0.5) is 0 Å². The van der Waals surface area contributed by atoms with E-state index in [1.54, 1.807) is 0 Å². The third kappa shape index (κ3) is 18.2. The minimum Gasteiger partial charge on any atom is -0.656 e. The van der Waals surface area contributed by atoms with Gasteiger partial charge in [0.1, 0.15) is 20.4 Å². The number of carboxylic acid groups (broad SMARTS) is 1. The second-order valence-electron chi connectivity index (χ2n) is 40.4. The van der Waals surface area contributed by atoms with E-state index in [9.17, 15) is 19.5 Å². The number of nitrogens with zero attached hydrogens (tertiary/aromatic N) is 7. The molecule has 8 bridgehead atoms. The van der Waals surface area contributed by atoms with Gasteiger partial charge in [-0.2, -0.15) is 0 Å². The van der Waals surface area contributed by atoms with Crippen molar-refractivity contribution in [2.24, 2.45) is 86.8 Å². The first-order chi connectivity index (χ1) is 53.0. The number of likely N-dealkylation sites (tertiary alicyclic amines) is 1. The molecule has 7 saturated carbocycles. The number of rotatable bonds is 10. The Balaban J connectivity index is 0.0000104. The van der Waals surface area contributed by atoms with Crippen LogP contribution in [-0.4, -0.2) is 70.8 Å². The fraction of sp³-hybridized carbons (Fsp3) is 0.649. The second-order valence-corrected chi connectivity index (χ2v) is 43.1. The van der Waals surface area contributed by atoms with Crippen LogP contribution in [0.2, 0.25) is 0 Å². The number of thioether (sulfide) groups is 1. The SMILES string of the molecule is CCN1C(=O)/C(=c2\sc(=CC3CCC(C#Cc4c5nc(c(C6CC(C(C)(C)C)CC(C(C)(C)C)C6)c6ccc([n-]6)c(C#CC6CCC7C(CCN7C7CCC(C=C(C8CCCCC8)C8CCCCC8)CC7)C6)c6nc(c(C7CC(C(C)(C)C)CC(C(C)(C)C)C7)c7ccc4[n-]7)C=C6)C=C5)CC3)c(=O)n2CC(=O)O)SC1=S.[Zn+2]. The molecule has 594 valence electrons. The number of amides is 1. The molecule has 11 aliphatic rings. The fourth-order valence-corrected chi connectivity index (χ4v) is 25.1. The standard InChI is InChI=1S/C97H128N7O4S3.Zn/c1-14-102-91(108)89(111-93(102)109)92-104(58-86(105)106)90(107)85(110-92)51-62-27-25-59(26-28-62)31-36-73-76-38-42-80(98-76)87(66-52-68(94(2,3)4)56-69(53-66)95(5,6)7)82-44-40-78(100-82)74(79-41-45-83(101-79)88(81-43-39-77(73)99-81)67-54-70(96(8,9)10)57-71(55-67)97(11,12)13)37-32-60-33-46-84-65(49-60)47-48-103(84)72-34-29-61(30-35-72)50-75(63-21-17-15-18-22-63)64-23-19-16-20-24-64;/h38-45,50-51,59-72,84H,14-30,33-35,46-49,52-58H2,1-13H3,(H2-,98,99,100,101,105,106);/q-1;+2/p-1/b76-73?,77-73?,78-74?,79-74?,85-51?,87-80?,87-82?,88-81?,88-83?,92-89+;. The molecular formula is C97H127N7O4S3Zn. The summed E-state index contributed by atoms with van der Waals surface area (Å²) in [7, 11) is 0. The zero-order valence-corrected chi connectivity index (χ0v) is 75.5. The quantitative estimate of drug-likeness (QED) is 0.0607. The Bertz CT molecular complexity index is 4680. The average Bonchev–Trinajstić information content (AvgIpc) is 1.58. The van der Waals surface area contributed by atoms with E-state index in [1.165, 1.54) is 154 Å². The van der Waals surface area contributed by atoms with E-state index < -0.39 is 12.5 Å². The summed E-state index contributed by atoms with van der Waals surface area (Å²) in [6.07, 6.45) is 48.4. The molecule has 11 nitrogen and oxygen atoms in total. The maximum Gasteiger partial charge on any atom is 2.00 e. The molecule has 4 aromatic rings. The number of carbonyl (C=O) groups is 2. The van der Waals surface area contributed by atoms with Crippen LogP contribution in [0.3, 0.4) is 0 Å². The molecule has 1 N–H and O–H groups in total. The Morgan fingerprint density at radius 1 is 0.571 bits per heavy atom. The Kier molecular flexibility index (Phi) is 25.4. The van der Waals surface area contributed by atoms with E-state index in [0.717, 1.165) is 156 Å². The first-order valence-corrected chi connectivity index (χ1v) is 45.8. The average molecular weight is 1620 g/mol. The van der Waals surface area contributed by atoms with Crippen LogP contribution in [0.5, 0.6) is 0 Å². The molecule has 112 heavy (non-hydrogen) atoms. The predicted molar refractivity (Wildman–Crippen MR) is 465 cm³/mol. The number of thiocarbonyl (C=S) groups is 1. The number of fused-ring (bicyclic) bond motifs is 9. The van der Waals surface area contributed by atoms with Gasteiger partial charge in [-0.3, -0.25) is 28.8 Å². The normalized spacial score (nSPS) is 29.2. The molecule has 15 heteroatoms. The number of hydrogen-bond donors (Lipinski definition) is 1. The van der Waals surface area contributed by atoms with Gasteiger partial charge in [0.25, 0.3) is 11.5 Å². The zero-order chi connectivity index (χ0) is 78.0. The third-order valence-corrected chi connectivity index (χ3v) is 32.0. The summed E-state index contributed by atoms with van der Waals surface area (Å²) in [4.78, 5) is 68.1. The van der Waals surface area contributed by atoms with Crippen molar-refractivity contribution >= 4 is 109 Å². The maximum atomic E-state index is 14.1. The summed E-state index contributed by atoms with van der Waals surface area (Å²) in [5.41, 5.74) is 13.4. The molecule has 0 aromatic carbocycles. The summed E-state index contributed by atoms with van der Waals surface area (Å²) < 4.78 is 2.45. The van der Waals surface area contributed by atoms with Gasteiger partial charge < -0.3 is 15.1 Å². The van der Waals surface area contributed by atoms with Gasteiger partial charge in [0.15, 0.2) is 0 Å². The molecule has 0 spiro atoms. The molecular weight excluding hydrogens is 1490 g/mol. The van der Waals surface area contributed by atoms with Gasteiger partial charge in [-0.15, -0.1) is 33.4 Å². The summed E-state index contributed by atoms with van der Waals surface area (Å²) in [6.45, 7) is 32.2. The van der Waals surface area contributed by atoms with E-state index in [2.05, 4.69) is 166 Å². The molecule has 2 saturated heterocycles. The van der Waals surface area contributed by atoms with E-state index >= 15 is 0 Å². The van der Waals surface area contributed by atoms with Gasteiger partial charge in [-0.1, -0.05) is 211 Å². The van der Waals surface area contributed by atoms with Gasteiger partial charge in [0, 0.05) is 41.6 Å². The number of aliphatic carboxylic acids is 1. The molecule has 1 amide bonds. The summed E-state index contributed by atoms with van der Waals surface area (Å²) in [5.74, 6) is 20.3. The van der Waals surface area contributed by atoms with E-state index in [4.69, 9.17) is 32.2 Å². The zero-order valence-electron chi connectivity index (χ0n) is 70.1. The minimum atomic E-state index is -1.14. The third-order valence-electron chi connectivity index (χ3n) is 29.3. The van der Waals surface area contributed by atoms with Crippen molar-refractivity contribution in [2.75, 3.05) is 13.1 Å². The largest absolute Gasteiger partial charge is 2.00 e. The first kappa shape index (κ1) is 83.1. The minimum absolute atomic E-state index is 0. The second kappa shape index (κ2) is 34.3. The number of aromatic nitrogens is 5. The van der Waals surface area contributed by atoms with E-state index in [1.807, 2.05) is 18.6 Å². The smallest absolute Gasteiger partial charge is 0.656 e. The Hall–Kier alpha value is -5.41. The Morgan fingerprint density at radius 3 is 1.51 bits per heavy atom. The van der Waals surface area contributed by atoms with Gasteiger partial charge in [0.05, 0.1) is 27.3 Å². The molecule has 0 radical (unpaired) electrons. The maximum absolute atomic E-state index is 14.1. The van der Waals surface area contributed by atoms with Gasteiger partial charge >= 0.3 is 25.4 Å². The van der Waals surface area contributed by atoms with Crippen molar-refractivity contribution in [2.45, 2.75) is 300 Å². The van der Waals surface area contributed by atoms with Crippen LogP contribution in [-0.2, 0) is 35.6 Å². The van der Waals surface area contributed by atoms with Crippen molar-refractivity contribution in [1.29, 1.82) is 0 Å². The number of hydrogen-bond acceptors (Lipinski definition) is 9. The summed E-state index contributed by atoms with van der Waals surface area (Å²) in [6, 6.07) is 10.4. The molecule has 7 aliphatic carbocycles. The summed E-state index contributed by atoms with van der Waals surface area (Å²) >= 11 is 7.87. The van der Waals surface area contributed by atoms with Crippen LogP contribution < -0.4 is 24.7 Å². The topological polar surface area (TPSA) is 137 Å². The van der Waals surface area contributed by atoms with Crippen molar-refractivity contribution in [1.82, 2.24) is 34.3 Å². The monoisotopic (exact) mass is 1610 g/mol. The van der Waals surface area contributed by atoms with Crippen LogP contribution >= 0.6 is 35.3 Å². The molecule has 8 heterocycles. The molecule has 15 rings (SSSR count). The fourth-order valence-electron chi connectivity index (χ4n) is 22.3. The first-order valence-electron chi connectivity index (χ1n) is 43.8. The molecule has 7 unspecified atom stereocenters. The summed E-state index contributed by atoms with van der Waals surface area (Å²) in [5, 5.41) is 9.96. The molecule has 9 fully saturated rings.